The van der Waals surface area contributed by atoms with E-state index in [0.29, 0.717) is 11.7 Å². The first-order chi connectivity index (χ1) is 9.92. The van der Waals surface area contributed by atoms with Crippen LogP contribution in [0.2, 0.25) is 0 Å². The van der Waals surface area contributed by atoms with E-state index in [4.69, 9.17) is 4.42 Å². The maximum atomic E-state index is 13.6. The second-order valence-electron chi connectivity index (χ2n) is 4.50. The van der Waals surface area contributed by atoms with E-state index in [2.05, 4.69) is 15.6 Å². The normalized spacial score (nSPS) is 10.5. The Morgan fingerprint density at radius 1 is 1.29 bits per heavy atom. The summed E-state index contributed by atoms with van der Waals surface area (Å²) >= 11 is 0. The molecule has 2 rings (SSSR count). The Morgan fingerprint density at radius 2 is 1.90 bits per heavy atom. The minimum absolute atomic E-state index is 0.0462. The van der Waals surface area contributed by atoms with Crippen molar-refractivity contribution in [2.24, 2.45) is 0 Å². The largest absolute Gasteiger partial charge is 0.444 e. The van der Waals surface area contributed by atoms with Crippen LogP contribution in [0.3, 0.4) is 0 Å². The lowest BCUT2D eigenvalue weighted by Crippen LogP contribution is -2.23. The number of rotatable bonds is 4. The quantitative estimate of drug-likeness (QED) is 0.909. The Balaban J connectivity index is 2.10. The highest BCUT2D eigenvalue weighted by Gasteiger charge is 2.15. The predicted octanol–water partition coefficient (Wildman–Crippen LogP) is 2.54. The number of aryl methyl sites for hydroxylation is 2. The van der Waals surface area contributed by atoms with E-state index >= 15 is 0 Å². The van der Waals surface area contributed by atoms with Crippen molar-refractivity contribution in [3.8, 4) is 0 Å². The molecule has 1 heterocycles. The molecule has 112 valence electrons. The lowest BCUT2D eigenvalue weighted by atomic mass is 10.1. The van der Waals surface area contributed by atoms with Gasteiger partial charge in [0.15, 0.2) is 0 Å². The van der Waals surface area contributed by atoms with Crippen molar-refractivity contribution in [3.05, 3.63) is 46.7 Å². The molecule has 0 fully saturated rings. The number of aromatic nitrogens is 1. The molecule has 0 spiro atoms. The van der Waals surface area contributed by atoms with Gasteiger partial charge in [-0.3, -0.25) is 4.79 Å². The van der Waals surface area contributed by atoms with Gasteiger partial charge in [-0.1, -0.05) is 0 Å². The molecular weight excluding hydrogens is 280 g/mol. The zero-order chi connectivity index (χ0) is 15.6. The summed E-state index contributed by atoms with van der Waals surface area (Å²) in [5, 5.41) is 4.89. The number of nitrogens with one attached hydrogen (secondary N) is 2. The molecule has 2 aromatic rings. The molecule has 0 saturated heterocycles. The molecule has 2 N–H and O–H groups in total. The van der Waals surface area contributed by atoms with Crippen molar-refractivity contribution >= 4 is 11.6 Å². The first-order valence-electron chi connectivity index (χ1n) is 6.30. The van der Waals surface area contributed by atoms with Crippen molar-refractivity contribution in [3.63, 3.8) is 0 Å². The highest BCUT2D eigenvalue weighted by Crippen LogP contribution is 2.20. The van der Waals surface area contributed by atoms with Gasteiger partial charge in [-0.15, -0.1) is 0 Å². The fraction of sp³-hybridized carbons (Fsp3) is 0.286. The molecular formula is C14H15F2N3O2. The maximum absolute atomic E-state index is 13.6. The molecule has 0 bridgehead atoms. The van der Waals surface area contributed by atoms with Gasteiger partial charge in [0.25, 0.3) is 5.91 Å². The number of carbonyl (C=O) groups excluding carboxylic acids is 1. The molecule has 21 heavy (non-hydrogen) atoms. The zero-order valence-corrected chi connectivity index (χ0v) is 11.9. The van der Waals surface area contributed by atoms with Crippen molar-refractivity contribution in [2.75, 3.05) is 12.4 Å². The summed E-state index contributed by atoms with van der Waals surface area (Å²) in [6.07, 6.45) is 0. The average molecular weight is 295 g/mol. The Kier molecular flexibility index (Phi) is 4.21. The highest BCUT2D eigenvalue weighted by molar-refractivity contribution is 5.94. The minimum Gasteiger partial charge on any atom is -0.444 e. The number of benzene rings is 1. The molecule has 0 aliphatic rings. The molecule has 0 saturated carbocycles. The molecule has 1 amide bonds. The molecule has 5 nitrogen and oxygen atoms in total. The highest BCUT2D eigenvalue weighted by atomic mass is 19.1. The standard InChI is InChI=1S/C14H15F2N3O2/c1-7-8(2)21-12(19-7)6-18-14(20)9-4-10(15)13(17-3)11(16)5-9/h4-5,17H,6H2,1-3H3,(H,18,20). The van der Waals surface area contributed by atoms with Crippen LogP contribution in [-0.4, -0.2) is 17.9 Å². The third-order valence-corrected chi connectivity index (χ3v) is 3.03. The van der Waals surface area contributed by atoms with Crippen molar-refractivity contribution in [1.29, 1.82) is 0 Å². The summed E-state index contributed by atoms with van der Waals surface area (Å²) in [6.45, 7) is 3.59. The van der Waals surface area contributed by atoms with Crippen LogP contribution in [0.25, 0.3) is 0 Å². The van der Waals surface area contributed by atoms with Gasteiger partial charge in [-0.05, 0) is 26.0 Å². The number of carbonyl (C=O) groups is 1. The van der Waals surface area contributed by atoms with Gasteiger partial charge >= 0.3 is 0 Å². The Morgan fingerprint density at radius 3 is 2.38 bits per heavy atom. The number of anilines is 1. The lowest BCUT2D eigenvalue weighted by Gasteiger charge is -2.07. The topological polar surface area (TPSA) is 67.2 Å². The van der Waals surface area contributed by atoms with Crippen LogP contribution in [-0.2, 0) is 6.54 Å². The minimum atomic E-state index is -0.828. The van der Waals surface area contributed by atoms with Crippen LogP contribution in [0.1, 0.15) is 27.7 Å². The Labute approximate surface area is 120 Å². The maximum Gasteiger partial charge on any atom is 0.251 e. The molecule has 1 aromatic heterocycles. The number of hydrogen-bond donors (Lipinski definition) is 2. The lowest BCUT2D eigenvalue weighted by molar-refractivity contribution is 0.0946. The summed E-state index contributed by atoms with van der Waals surface area (Å²) in [4.78, 5) is 16.0. The Bertz CT molecular complexity index is 640. The number of amides is 1. The van der Waals surface area contributed by atoms with Gasteiger partial charge in [-0.2, -0.15) is 0 Å². The van der Waals surface area contributed by atoms with Crippen LogP contribution in [0.5, 0.6) is 0 Å². The van der Waals surface area contributed by atoms with Crippen LogP contribution in [0.4, 0.5) is 14.5 Å². The van der Waals surface area contributed by atoms with Gasteiger partial charge in [0.05, 0.1) is 12.2 Å². The van der Waals surface area contributed by atoms with Gasteiger partial charge in [0.1, 0.15) is 23.1 Å². The number of hydrogen-bond acceptors (Lipinski definition) is 4. The molecule has 0 unspecified atom stereocenters. The first kappa shape index (κ1) is 15.0. The van der Waals surface area contributed by atoms with Crippen LogP contribution < -0.4 is 10.6 Å². The fourth-order valence-electron chi connectivity index (χ4n) is 1.82. The smallest absolute Gasteiger partial charge is 0.251 e. The monoisotopic (exact) mass is 295 g/mol. The summed E-state index contributed by atoms with van der Waals surface area (Å²) in [5.41, 5.74) is 0.351. The molecule has 0 atom stereocenters. The van der Waals surface area contributed by atoms with E-state index in [1.807, 2.05) is 0 Å². The number of oxazole rings is 1. The molecule has 0 radical (unpaired) electrons. The van der Waals surface area contributed by atoms with Gasteiger partial charge in [0.2, 0.25) is 5.89 Å². The van der Waals surface area contributed by atoms with Crippen LogP contribution in [0, 0.1) is 25.5 Å². The van der Waals surface area contributed by atoms with E-state index in [-0.39, 0.29) is 17.8 Å². The van der Waals surface area contributed by atoms with Crippen molar-refractivity contribution < 1.29 is 18.0 Å². The van der Waals surface area contributed by atoms with Crippen molar-refractivity contribution in [1.82, 2.24) is 10.3 Å². The van der Waals surface area contributed by atoms with Crippen LogP contribution in [0.15, 0.2) is 16.5 Å². The molecule has 0 aliphatic heterocycles. The second kappa shape index (κ2) is 5.90. The Hall–Kier alpha value is -2.44. The van der Waals surface area contributed by atoms with Crippen molar-refractivity contribution in [2.45, 2.75) is 20.4 Å². The number of halogens is 2. The van der Waals surface area contributed by atoms with E-state index in [1.165, 1.54) is 7.05 Å². The average Bonchev–Trinajstić information content (AvgIpc) is 2.74. The number of nitrogens with zero attached hydrogens (tertiary/aromatic N) is 1. The summed E-state index contributed by atoms with van der Waals surface area (Å²) in [7, 11) is 1.40. The van der Waals surface area contributed by atoms with E-state index in [0.717, 1.165) is 17.8 Å². The third kappa shape index (κ3) is 3.18. The summed E-state index contributed by atoms with van der Waals surface area (Å²) in [5.74, 6) is -1.26. The summed E-state index contributed by atoms with van der Waals surface area (Å²) in [6, 6.07) is 1.94. The second-order valence-corrected chi connectivity index (χ2v) is 4.50. The molecule has 7 heteroatoms. The third-order valence-electron chi connectivity index (χ3n) is 3.03. The van der Waals surface area contributed by atoms with Gasteiger partial charge in [0, 0.05) is 12.6 Å². The molecule has 1 aromatic carbocycles. The summed E-state index contributed by atoms with van der Waals surface area (Å²) < 4.78 is 32.5. The van der Waals surface area contributed by atoms with Gasteiger partial charge in [-0.25, -0.2) is 13.8 Å². The van der Waals surface area contributed by atoms with Gasteiger partial charge < -0.3 is 15.1 Å². The predicted molar refractivity (Wildman–Crippen MR) is 73.1 cm³/mol. The van der Waals surface area contributed by atoms with Crippen LogP contribution >= 0.6 is 0 Å². The van der Waals surface area contributed by atoms with E-state index in [9.17, 15) is 13.6 Å². The van der Waals surface area contributed by atoms with E-state index in [1.54, 1.807) is 13.8 Å². The zero-order valence-electron chi connectivity index (χ0n) is 11.9. The first-order valence-corrected chi connectivity index (χ1v) is 6.30. The fourth-order valence-corrected chi connectivity index (χ4v) is 1.82. The molecule has 0 aliphatic carbocycles. The van der Waals surface area contributed by atoms with E-state index < -0.39 is 17.5 Å². The SMILES string of the molecule is CNc1c(F)cc(C(=O)NCc2nc(C)c(C)o2)cc1F.